The number of anilines is 1. The highest BCUT2D eigenvalue weighted by Crippen LogP contribution is 2.39. The van der Waals surface area contributed by atoms with Gasteiger partial charge in [0.15, 0.2) is 0 Å². The molecule has 0 radical (unpaired) electrons. The Morgan fingerprint density at radius 3 is 1.88 bits per heavy atom. The molecule has 1 nitrogen and oxygen atoms in total. The van der Waals surface area contributed by atoms with Gasteiger partial charge in [0.1, 0.15) is 5.82 Å². The van der Waals surface area contributed by atoms with Crippen LogP contribution in [0.1, 0.15) is 31.9 Å². The van der Waals surface area contributed by atoms with Crippen LogP contribution in [0.3, 0.4) is 0 Å². The summed E-state index contributed by atoms with van der Waals surface area (Å²) in [6, 6.07) is 1.51. The van der Waals surface area contributed by atoms with Gasteiger partial charge in [-0.15, -0.1) is 0 Å². The van der Waals surface area contributed by atoms with Crippen LogP contribution in [-0.4, -0.2) is 0 Å². The van der Waals surface area contributed by atoms with Crippen LogP contribution in [0, 0.1) is 5.82 Å². The fraction of sp³-hybridized carbons (Fsp3) is 0.455. The minimum Gasteiger partial charge on any atom is -0.396 e. The lowest BCUT2D eigenvalue weighted by molar-refractivity contribution is -0.138. The Morgan fingerprint density at radius 1 is 1.00 bits per heavy atom. The van der Waals surface area contributed by atoms with E-state index in [1.807, 2.05) is 0 Å². The van der Waals surface area contributed by atoms with Crippen molar-refractivity contribution < 1.29 is 17.6 Å². The van der Waals surface area contributed by atoms with Gasteiger partial charge in [0.2, 0.25) is 0 Å². The standard InChI is InChI=1S/C11H13F4N/c1-10(2,3)6-5-9(16)8(12)4-7(6)11(13,14)15/h4-5H,16H2,1-3H3. The van der Waals surface area contributed by atoms with E-state index < -0.39 is 23.0 Å². The van der Waals surface area contributed by atoms with Crippen LogP contribution in [0.25, 0.3) is 0 Å². The first-order valence-corrected chi connectivity index (χ1v) is 4.70. The Hall–Kier alpha value is -1.26. The summed E-state index contributed by atoms with van der Waals surface area (Å²) in [5.41, 5.74) is 3.31. The summed E-state index contributed by atoms with van der Waals surface area (Å²) in [7, 11) is 0. The predicted octanol–water partition coefficient (Wildman–Crippen LogP) is 3.72. The Kier molecular flexibility index (Phi) is 2.92. The molecule has 0 atom stereocenters. The normalized spacial score (nSPS) is 12.9. The van der Waals surface area contributed by atoms with Crippen molar-refractivity contribution in [3.8, 4) is 0 Å². The van der Waals surface area contributed by atoms with Gasteiger partial charge in [-0.1, -0.05) is 20.8 Å². The minimum atomic E-state index is -4.57. The number of nitrogen functional groups attached to an aromatic ring is 1. The first-order valence-electron chi connectivity index (χ1n) is 4.70. The SMILES string of the molecule is CC(C)(C)c1cc(N)c(F)cc1C(F)(F)F. The molecule has 1 rings (SSSR count). The zero-order valence-corrected chi connectivity index (χ0v) is 9.24. The monoisotopic (exact) mass is 235 g/mol. The number of halogens is 4. The molecule has 0 saturated heterocycles. The van der Waals surface area contributed by atoms with Crippen molar-refractivity contribution in [3.63, 3.8) is 0 Å². The van der Waals surface area contributed by atoms with Crippen molar-refractivity contribution in [2.75, 3.05) is 5.73 Å². The number of benzene rings is 1. The fourth-order valence-electron chi connectivity index (χ4n) is 1.45. The van der Waals surface area contributed by atoms with E-state index in [0.29, 0.717) is 6.07 Å². The number of hydrogen-bond donors (Lipinski definition) is 1. The zero-order valence-electron chi connectivity index (χ0n) is 9.24. The van der Waals surface area contributed by atoms with Crippen molar-refractivity contribution in [3.05, 3.63) is 29.1 Å². The quantitative estimate of drug-likeness (QED) is 0.538. The molecule has 0 saturated carbocycles. The van der Waals surface area contributed by atoms with Gasteiger partial charge in [-0.25, -0.2) is 4.39 Å². The van der Waals surface area contributed by atoms with Gasteiger partial charge >= 0.3 is 6.18 Å². The van der Waals surface area contributed by atoms with E-state index in [9.17, 15) is 17.6 Å². The van der Waals surface area contributed by atoms with Gasteiger partial charge in [0, 0.05) is 0 Å². The molecule has 0 aliphatic carbocycles. The molecule has 0 aliphatic heterocycles. The van der Waals surface area contributed by atoms with Gasteiger partial charge < -0.3 is 5.73 Å². The molecule has 0 spiro atoms. The van der Waals surface area contributed by atoms with Crippen molar-refractivity contribution in [2.45, 2.75) is 32.4 Å². The molecule has 0 amide bonds. The molecular weight excluding hydrogens is 222 g/mol. The number of rotatable bonds is 0. The average Bonchev–Trinajstić information content (AvgIpc) is 2.05. The zero-order chi connectivity index (χ0) is 12.7. The lowest BCUT2D eigenvalue weighted by Crippen LogP contribution is -2.20. The molecular formula is C11H13F4N. The molecule has 0 heterocycles. The molecule has 0 aliphatic rings. The molecule has 2 N–H and O–H groups in total. The molecule has 0 aromatic heterocycles. The van der Waals surface area contributed by atoms with Crippen LogP contribution in [0.5, 0.6) is 0 Å². The van der Waals surface area contributed by atoms with Crippen LogP contribution in [-0.2, 0) is 11.6 Å². The molecule has 0 unspecified atom stereocenters. The molecule has 1 aromatic rings. The maximum atomic E-state index is 13.1. The first kappa shape index (κ1) is 12.8. The fourth-order valence-corrected chi connectivity index (χ4v) is 1.45. The third-order valence-corrected chi connectivity index (χ3v) is 2.25. The van der Waals surface area contributed by atoms with E-state index in [1.54, 1.807) is 20.8 Å². The van der Waals surface area contributed by atoms with Gasteiger partial charge in [-0.05, 0) is 23.1 Å². The summed E-state index contributed by atoms with van der Waals surface area (Å²) in [5, 5.41) is 0. The van der Waals surface area contributed by atoms with Crippen molar-refractivity contribution in [1.82, 2.24) is 0 Å². The lowest BCUT2D eigenvalue weighted by Gasteiger charge is -2.24. The van der Waals surface area contributed by atoms with Crippen molar-refractivity contribution in [1.29, 1.82) is 0 Å². The Morgan fingerprint density at radius 2 is 1.50 bits per heavy atom. The molecule has 0 bridgehead atoms. The summed E-state index contributed by atoms with van der Waals surface area (Å²) < 4.78 is 51.1. The van der Waals surface area contributed by atoms with E-state index in [0.717, 1.165) is 6.07 Å². The molecule has 1 aromatic carbocycles. The third kappa shape index (κ3) is 2.46. The van der Waals surface area contributed by atoms with Crippen molar-refractivity contribution in [2.24, 2.45) is 0 Å². The Bertz CT molecular complexity index is 363. The summed E-state index contributed by atoms with van der Waals surface area (Å²) in [6.07, 6.45) is -4.57. The second kappa shape index (κ2) is 3.64. The summed E-state index contributed by atoms with van der Waals surface area (Å²) >= 11 is 0. The maximum absolute atomic E-state index is 13.1. The first-order chi connectivity index (χ1) is 7.03. The molecule has 90 valence electrons. The second-order valence-corrected chi connectivity index (χ2v) is 4.67. The largest absolute Gasteiger partial charge is 0.416 e. The molecule has 5 heteroatoms. The van der Waals surface area contributed by atoms with E-state index in [2.05, 4.69) is 0 Å². The van der Waals surface area contributed by atoms with Gasteiger partial charge in [-0.2, -0.15) is 13.2 Å². The molecule has 16 heavy (non-hydrogen) atoms. The van der Waals surface area contributed by atoms with E-state index >= 15 is 0 Å². The van der Waals surface area contributed by atoms with E-state index in [4.69, 9.17) is 5.73 Å². The van der Waals surface area contributed by atoms with Crippen LogP contribution >= 0.6 is 0 Å². The van der Waals surface area contributed by atoms with Gasteiger partial charge in [0.25, 0.3) is 0 Å². The maximum Gasteiger partial charge on any atom is 0.416 e. The van der Waals surface area contributed by atoms with Crippen LogP contribution in [0.2, 0.25) is 0 Å². The van der Waals surface area contributed by atoms with Crippen LogP contribution < -0.4 is 5.73 Å². The molecule has 0 fully saturated rings. The van der Waals surface area contributed by atoms with Gasteiger partial charge in [-0.3, -0.25) is 0 Å². The third-order valence-electron chi connectivity index (χ3n) is 2.25. The van der Waals surface area contributed by atoms with E-state index in [1.165, 1.54) is 0 Å². The summed E-state index contributed by atoms with van der Waals surface area (Å²) in [4.78, 5) is 0. The van der Waals surface area contributed by atoms with Gasteiger partial charge in [0.05, 0.1) is 11.3 Å². The average molecular weight is 235 g/mol. The topological polar surface area (TPSA) is 26.0 Å². The summed E-state index contributed by atoms with van der Waals surface area (Å²) in [6.45, 7) is 4.86. The van der Waals surface area contributed by atoms with Crippen LogP contribution in [0.4, 0.5) is 23.2 Å². The highest BCUT2D eigenvalue weighted by atomic mass is 19.4. The number of nitrogens with two attached hydrogens (primary N) is 1. The Labute approximate surface area is 91.3 Å². The van der Waals surface area contributed by atoms with E-state index in [-0.39, 0.29) is 11.3 Å². The Balaban J connectivity index is 3.53. The second-order valence-electron chi connectivity index (χ2n) is 4.67. The highest BCUT2D eigenvalue weighted by molar-refractivity contribution is 5.49. The summed E-state index contributed by atoms with van der Waals surface area (Å²) in [5.74, 6) is -1.04. The van der Waals surface area contributed by atoms with Crippen molar-refractivity contribution >= 4 is 5.69 Å². The number of alkyl halides is 3. The smallest absolute Gasteiger partial charge is 0.396 e. The predicted molar refractivity (Wildman–Crippen MR) is 54.5 cm³/mol. The lowest BCUT2D eigenvalue weighted by atomic mass is 9.83. The number of hydrogen-bond acceptors (Lipinski definition) is 1. The highest BCUT2D eigenvalue weighted by Gasteiger charge is 2.37. The minimum absolute atomic E-state index is 0.00102. The van der Waals surface area contributed by atoms with Crippen LogP contribution in [0.15, 0.2) is 12.1 Å².